The zero-order valence-electron chi connectivity index (χ0n) is 11.4. The van der Waals surface area contributed by atoms with Gasteiger partial charge < -0.3 is 10.4 Å². The third-order valence-electron chi connectivity index (χ3n) is 3.95. The molecule has 1 aliphatic rings. The lowest BCUT2D eigenvalue weighted by atomic mass is 9.84. The van der Waals surface area contributed by atoms with E-state index in [-0.39, 0.29) is 5.54 Å². The number of nitrogens with zero attached hydrogens (tertiary/aromatic N) is 1. The van der Waals surface area contributed by atoms with E-state index >= 15 is 0 Å². The van der Waals surface area contributed by atoms with Crippen molar-refractivity contribution >= 4 is 0 Å². The van der Waals surface area contributed by atoms with E-state index in [2.05, 4.69) is 23.7 Å². The highest BCUT2D eigenvalue weighted by Gasteiger charge is 2.42. The first-order valence-corrected chi connectivity index (χ1v) is 6.86. The number of rotatable bonds is 9. The van der Waals surface area contributed by atoms with E-state index in [0.29, 0.717) is 12.6 Å². The number of likely N-dealkylation sites (tertiary alicyclic amines) is 1. The Bertz CT molecular complexity index is 224. The molecule has 1 atom stereocenters. The third kappa shape index (κ3) is 3.80. The SMILES string of the molecule is C=CCC1(NC)CN(C(CCO)CCCC)C1. The highest BCUT2D eigenvalue weighted by Crippen LogP contribution is 2.29. The van der Waals surface area contributed by atoms with Crippen LogP contribution >= 0.6 is 0 Å². The van der Waals surface area contributed by atoms with Crippen LogP contribution < -0.4 is 5.32 Å². The first-order chi connectivity index (χ1) is 8.21. The van der Waals surface area contributed by atoms with Gasteiger partial charge in [-0.2, -0.15) is 0 Å². The molecule has 1 saturated heterocycles. The van der Waals surface area contributed by atoms with E-state index in [4.69, 9.17) is 5.11 Å². The summed E-state index contributed by atoms with van der Waals surface area (Å²) in [7, 11) is 2.04. The highest BCUT2D eigenvalue weighted by atomic mass is 16.3. The van der Waals surface area contributed by atoms with Crippen LogP contribution in [-0.4, -0.2) is 48.3 Å². The van der Waals surface area contributed by atoms with Gasteiger partial charge >= 0.3 is 0 Å². The zero-order chi connectivity index (χ0) is 12.7. The van der Waals surface area contributed by atoms with Gasteiger partial charge in [0.25, 0.3) is 0 Å². The molecule has 2 N–H and O–H groups in total. The molecule has 0 aliphatic carbocycles. The minimum absolute atomic E-state index is 0.238. The molecule has 1 fully saturated rings. The molecule has 0 aromatic carbocycles. The Morgan fingerprint density at radius 1 is 1.47 bits per heavy atom. The summed E-state index contributed by atoms with van der Waals surface area (Å²) in [5, 5.41) is 12.6. The second kappa shape index (κ2) is 7.14. The number of aliphatic hydroxyl groups excluding tert-OH is 1. The van der Waals surface area contributed by atoms with Gasteiger partial charge in [-0.25, -0.2) is 0 Å². The molecule has 0 amide bonds. The molecule has 0 aromatic rings. The summed E-state index contributed by atoms with van der Waals surface area (Å²) in [6, 6.07) is 0.561. The molecule has 1 aliphatic heterocycles. The van der Waals surface area contributed by atoms with Gasteiger partial charge in [-0.05, 0) is 26.3 Å². The summed E-state index contributed by atoms with van der Waals surface area (Å²) in [5.41, 5.74) is 0.238. The largest absolute Gasteiger partial charge is 0.396 e. The molecule has 0 spiro atoms. The second-order valence-corrected chi connectivity index (χ2v) is 5.24. The van der Waals surface area contributed by atoms with Crippen LogP contribution in [0.25, 0.3) is 0 Å². The number of likely N-dealkylation sites (N-methyl/N-ethyl adjacent to an activating group) is 1. The average Bonchev–Trinajstić information content (AvgIpc) is 2.29. The lowest BCUT2D eigenvalue weighted by Gasteiger charge is -2.53. The predicted octanol–water partition coefficient (Wildman–Crippen LogP) is 1.78. The zero-order valence-corrected chi connectivity index (χ0v) is 11.4. The molecule has 3 nitrogen and oxygen atoms in total. The fourth-order valence-corrected chi connectivity index (χ4v) is 2.75. The Morgan fingerprint density at radius 3 is 2.65 bits per heavy atom. The summed E-state index contributed by atoms with van der Waals surface area (Å²) in [5.74, 6) is 0. The third-order valence-corrected chi connectivity index (χ3v) is 3.95. The molecule has 1 rings (SSSR count). The lowest BCUT2D eigenvalue weighted by molar-refractivity contribution is -0.000538. The average molecular weight is 240 g/mol. The van der Waals surface area contributed by atoms with E-state index in [1.54, 1.807) is 0 Å². The molecule has 1 heterocycles. The van der Waals surface area contributed by atoms with Crippen LogP contribution in [0, 0.1) is 0 Å². The fraction of sp³-hybridized carbons (Fsp3) is 0.857. The smallest absolute Gasteiger partial charge is 0.0469 e. The van der Waals surface area contributed by atoms with E-state index in [0.717, 1.165) is 25.9 Å². The van der Waals surface area contributed by atoms with Crippen LogP contribution in [0.4, 0.5) is 0 Å². The highest BCUT2D eigenvalue weighted by molar-refractivity contribution is 5.06. The van der Waals surface area contributed by atoms with Gasteiger partial charge in [0.15, 0.2) is 0 Å². The molecular formula is C14H28N2O. The second-order valence-electron chi connectivity index (χ2n) is 5.24. The number of nitrogens with one attached hydrogen (secondary N) is 1. The molecule has 17 heavy (non-hydrogen) atoms. The van der Waals surface area contributed by atoms with Crippen molar-refractivity contribution in [3.63, 3.8) is 0 Å². The summed E-state index contributed by atoms with van der Waals surface area (Å²) in [6.45, 7) is 8.54. The Hall–Kier alpha value is -0.380. The van der Waals surface area contributed by atoms with Gasteiger partial charge in [0.1, 0.15) is 0 Å². The minimum atomic E-state index is 0.238. The molecular weight excluding hydrogens is 212 g/mol. The summed E-state index contributed by atoms with van der Waals surface area (Å²) in [4.78, 5) is 2.51. The lowest BCUT2D eigenvalue weighted by Crippen LogP contribution is -2.70. The first kappa shape index (κ1) is 14.7. The standard InChI is InChI=1S/C14H28N2O/c1-4-6-7-13(8-10-17)16-11-14(12-16,15-3)9-5-2/h5,13,15,17H,2,4,6-12H2,1,3H3. The van der Waals surface area contributed by atoms with Crippen molar-refractivity contribution in [1.82, 2.24) is 10.2 Å². The number of hydrogen-bond donors (Lipinski definition) is 2. The molecule has 3 heteroatoms. The fourth-order valence-electron chi connectivity index (χ4n) is 2.75. The van der Waals surface area contributed by atoms with Crippen molar-refractivity contribution in [2.24, 2.45) is 0 Å². The number of aliphatic hydroxyl groups is 1. The van der Waals surface area contributed by atoms with Gasteiger partial charge in [0.2, 0.25) is 0 Å². The van der Waals surface area contributed by atoms with Crippen molar-refractivity contribution in [3.8, 4) is 0 Å². The van der Waals surface area contributed by atoms with Crippen molar-refractivity contribution < 1.29 is 5.11 Å². The van der Waals surface area contributed by atoms with Gasteiger partial charge in [0.05, 0.1) is 0 Å². The van der Waals surface area contributed by atoms with Crippen molar-refractivity contribution in [2.45, 2.75) is 50.6 Å². The van der Waals surface area contributed by atoms with Crippen LogP contribution in [0.1, 0.15) is 39.0 Å². The van der Waals surface area contributed by atoms with Crippen LogP contribution in [0.15, 0.2) is 12.7 Å². The van der Waals surface area contributed by atoms with Crippen LogP contribution in [0.3, 0.4) is 0 Å². The van der Waals surface area contributed by atoms with E-state index < -0.39 is 0 Å². The van der Waals surface area contributed by atoms with Gasteiger partial charge in [0, 0.05) is 31.3 Å². The van der Waals surface area contributed by atoms with Crippen molar-refractivity contribution in [3.05, 3.63) is 12.7 Å². The Labute approximate surface area is 106 Å². The molecule has 0 aromatic heterocycles. The van der Waals surface area contributed by atoms with Gasteiger partial charge in [-0.15, -0.1) is 6.58 Å². The minimum Gasteiger partial charge on any atom is -0.396 e. The van der Waals surface area contributed by atoms with Gasteiger partial charge in [-0.1, -0.05) is 25.8 Å². The maximum atomic E-state index is 9.14. The Morgan fingerprint density at radius 2 is 2.18 bits per heavy atom. The summed E-state index contributed by atoms with van der Waals surface area (Å²) in [6.07, 6.45) is 7.65. The quantitative estimate of drug-likeness (QED) is 0.603. The van der Waals surface area contributed by atoms with Crippen LogP contribution in [0.2, 0.25) is 0 Å². The molecule has 1 unspecified atom stereocenters. The van der Waals surface area contributed by atoms with E-state index in [1.807, 2.05) is 13.1 Å². The normalized spacial score (nSPS) is 20.9. The maximum absolute atomic E-state index is 9.14. The Balaban J connectivity index is 2.42. The monoisotopic (exact) mass is 240 g/mol. The first-order valence-electron chi connectivity index (χ1n) is 6.86. The summed E-state index contributed by atoms with van der Waals surface area (Å²) < 4.78 is 0. The number of unbranched alkanes of at least 4 members (excludes halogenated alkanes) is 1. The van der Waals surface area contributed by atoms with E-state index in [1.165, 1.54) is 19.3 Å². The van der Waals surface area contributed by atoms with Crippen LogP contribution in [-0.2, 0) is 0 Å². The maximum Gasteiger partial charge on any atom is 0.0469 e. The van der Waals surface area contributed by atoms with E-state index in [9.17, 15) is 0 Å². The predicted molar refractivity (Wildman–Crippen MR) is 73.2 cm³/mol. The molecule has 0 radical (unpaired) electrons. The van der Waals surface area contributed by atoms with Crippen molar-refractivity contribution in [1.29, 1.82) is 0 Å². The number of hydrogen-bond acceptors (Lipinski definition) is 3. The Kier molecular flexibility index (Phi) is 6.17. The summed E-state index contributed by atoms with van der Waals surface area (Å²) >= 11 is 0. The van der Waals surface area contributed by atoms with Crippen molar-refractivity contribution in [2.75, 3.05) is 26.7 Å². The van der Waals surface area contributed by atoms with Gasteiger partial charge in [-0.3, -0.25) is 4.90 Å². The topological polar surface area (TPSA) is 35.5 Å². The molecule has 0 saturated carbocycles. The molecule has 100 valence electrons. The molecule has 0 bridgehead atoms. The van der Waals surface area contributed by atoms with Crippen LogP contribution in [0.5, 0.6) is 0 Å².